The lowest BCUT2D eigenvalue weighted by Gasteiger charge is -2.31. The van der Waals surface area contributed by atoms with Crippen LogP contribution in [0, 0.1) is 12.3 Å². The fraction of sp³-hybridized carbons (Fsp3) is 0.409. The van der Waals surface area contributed by atoms with Crippen LogP contribution in [0.5, 0.6) is 5.75 Å². The molecule has 2 aliphatic rings. The van der Waals surface area contributed by atoms with Crippen molar-refractivity contribution < 1.29 is 9.53 Å². The van der Waals surface area contributed by atoms with Crippen molar-refractivity contribution in [3.05, 3.63) is 47.6 Å². The Morgan fingerprint density at radius 2 is 2.14 bits per heavy atom. The van der Waals surface area contributed by atoms with E-state index in [0.717, 1.165) is 53.5 Å². The van der Waals surface area contributed by atoms with Crippen molar-refractivity contribution in [2.24, 2.45) is 10.4 Å². The van der Waals surface area contributed by atoms with Crippen LogP contribution < -0.4 is 10.2 Å². The summed E-state index contributed by atoms with van der Waals surface area (Å²) < 4.78 is 7.59. The van der Waals surface area contributed by atoms with E-state index in [-0.39, 0.29) is 5.91 Å². The van der Waals surface area contributed by atoms with Gasteiger partial charge in [-0.05, 0) is 63.0 Å². The predicted octanol–water partition coefficient (Wildman–Crippen LogP) is 3.14. The third-order valence-electron chi connectivity index (χ3n) is 5.38. The van der Waals surface area contributed by atoms with Crippen LogP contribution in [0.3, 0.4) is 0 Å². The van der Waals surface area contributed by atoms with Crippen molar-refractivity contribution in [2.75, 3.05) is 20.2 Å². The summed E-state index contributed by atoms with van der Waals surface area (Å²) >= 11 is 0. The molecule has 0 radical (unpaired) electrons. The van der Waals surface area contributed by atoms with Crippen LogP contribution in [-0.4, -0.2) is 46.5 Å². The molecule has 0 bridgehead atoms. The van der Waals surface area contributed by atoms with E-state index in [1.54, 1.807) is 13.4 Å². The maximum Gasteiger partial charge on any atom is 0.246 e. The fourth-order valence-electron chi connectivity index (χ4n) is 3.62. The highest BCUT2D eigenvalue weighted by molar-refractivity contribution is 6.04. The summed E-state index contributed by atoms with van der Waals surface area (Å²) in [6, 6.07) is 6.13. The monoisotopic (exact) mass is 393 g/mol. The van der Waals surface area contributed by atoms with Gasteiger partial charge < -0.3 is 9.30 Å². The van der Waals surface area contributed by atoms with E-state index < -0.39 is 5.41 Å². The highest BCUT2D eigenvalue weighted by atomic mass is 16.5. The third-order valence-corrected chi connectivity index (χ3v) is 5.38. The molecule has 0 saturated carbocycles. The zero-order valence-corrected chi connectivity index (χ0v) is 17.4. The van der Waals surface area contributed by atoms with Gasteiger partial charge in [0.25, 0.3) is 0 Å². The van der Waals surface area contributed by atoms with Crippen molar-refractivity contribution >= 4 is 17.8 Å². The number of hydrogen-bond donors (Lipinski definition) is 1. The number of amides is 1. The molecule has 0 unspecified atom stereocenters. The standard InChI is InChI=1S/C22H27N5O2/c1-15-12-26(14-24-15)18-8-7-16(11-19(18)29-4)10-17-6-5-9-27-20(17)23-13-22(2,3)21(28)25-27/h7-8,10-12,14H,5-6,9,13H2,1-4H3,(H,25,28)/b17-10+. The fourth-order valence-corrected chi connectivity index (χ4v) is 3.62. The quantitative estimate of drug-likeness (QED) is 0.870. The smallest absolute Gasteiger partial charge is 0.246 e. The number of carbonyl (C=O) groups excluding carboxylic acids is 1. The lowest BCUT2D eigenvalue weighted by atomic mass is 9.93. The van der Waals surface area contributed by atoms with Gasteiger partial charge in [0, 0.05) is 12.7 Å². The van der Waals surface area contributed by atoms with Gasteiger partial charge in [-0.2, -0.15) is 0 Å². The van der Waals surface area contributed by atoms with Crippen LogP contribution in [-0.2, 0) is 4.79 Å². The van der Waals surface area contributed by atoms with E-state index in [2.05, 4.69) is 22.6 Å². The van der Waals surface area contributed by atoms with Crippen molar-refractivity contribution in [2.45, 2.75) is 33.6 Å². The van der Waals surface area contributed by atoms with E-state index in [1.165, 1.54) is 0 Å². The summed E-state index contributed by atoms with van der Waals surface area (Å²) in [6.45, 7) is 7.07. The second kappa shape index (κ2) is 7.39. The number of ether oxygens (including phenoxy) is 1. The van der Waals surface area contributed by atoms with E-state index in [4.69, 9.17) is 9.73 Å². The lowest BCUT2D eigenvalue weighted by Crippen LogP contribution is -2.51. The normalized spacial score (nSPS) is 20.0. The number of fused-ring (bicyclic) bond motifs is 1. The molecular weight excluding hydrogens is 366 g/mol. The number of carbonyl (C=O) groups is 1. The van der Waals surface area contributed by atoms with E-state index in [9.17, 15) is 4.79 Å². The first kappa shape index (κ1) is 19.2. The number of rotatable bonds is 3. The number of aliphatic imine (C=N–C) groups is 1. The molecule has 1 saturated heterocycles. The maximum absolute atomic E-state index is 12.4. The molecular formula is C22H27N5O2. The Morgan fingerprint density at radius 3 is 2.86 bits per heavy atom. The Kier molecular flexibility index (Phi) is 4.90. The zero-order valence-electron chi connectivity index (χ0n) is 17.4. The minimum absolute atomic E-state index is 0.0131. The Bertz CT molecular complexity index is 1000. The lowest BCUT2D eigenvalue weighted by molar-refractivity contribution is -0.131. The van der Waals surface area contributed by atoms with Crippen LogP contribution in [0.25, 0.3) is 11.8 Å². The van der Waals surface area contributed by atoms with Gasteiger partial charge >= 0.3 is 0 Å². The highest BCUT2D eigenvalue weighted by Gasteiger charge is 2.34. The summed E-state index contributed by atoms with van der Waals surface area (Å²) in [4.78, 5) is 21.5. The number of piperidine rings is 1. The highest BCUT2D eigenvalue weighted by Crippen LogP contribution is 2.29. The molecule has 1 N–H and O–H groups in total. The average molecular weight is 393 g/mol. The number of amidine groups is 1. The molecule has 0 spiro atoms. The van der Waals surface area contributed by atoms with Gasteiger partial charge in [-0.15, -0.1) is 0 Å². The summed E-state index contributed by atoms with van der Waals surface area (Å²) in [7, 11) is 1.68. The molecule has 0 aliphatic carbocycles. The average Bonchev–Trinajstić information content (AvgIpc) is 3.08. The number of benzene rings is 1. The second-order valence-electron chi connectivity index (χ2n) is 8.24. The Labute approximate surface area is 171 Å². The minimum Gasteiger partial charge on any atom is -0.495 e. The zero-order chi connectivity index (χ0) is 20.6. The molecule has 4 rings (SSSR count). The topological polar surface area (TPSA) is 71.8 Å². The molecule has 7 nitrogen and oxygen atoms in total. The van der Waals surface area contributed by atoms with Gasteiger partial charge in [-0.1, -0.05) is 6.07 Å². The van der Waals surface area contributed by atoms with Gasteiger partial charge in [0.2, 0.25) is 5.91 Å². The first-order valence-electron chi connectivity index (χ1n) is 9.90. The first-order chi connectivity index (χ1) is 13.9. The van der Waals surface area contributed by atoms with E-state index in [0.29, 0.717) is 6.54 Å². The molecule has 152 valence electrons. The molecule has 2 aliphatic heterocycles. The summed E-state index contributed by atoms with van der Waals surface area (Å²) in [5.41, 5.74) is 6.59. The number of aryl methyl sites for hydroxylation is 1. The predicted molar refractivity (Wildman–Crippen MR) is 113 cm³/mol. The number of methoxy groups -OCH3 is 1. The summed E-state index contributed by atoms with van der Waals surface area (Å²) in [6.07, 6.45) is 7.79. The molecule has 1 fully saturated rings. The van der Waals surface area contributed by atoms with Crippen LogP contribution >= 0.6 is 0 Å². The van der Waals surface area contributed by atoms with E-state index in [1.807, 2.05) is 48.7 Å². The molecule has 0 atom stereocenters. The molecule has 7 heteroatoms. The van der Waals surface area contributed by atoms with Crippen LogP contribution in [0.1, 0.15) is 37.9 Å². The van der Waals surface area contributed by atoms with Gasteiger partial charge in [-0.3, -0.25) is 20.2 Å². The number of nitrogens with zero attached hydrogens (tertiary/aromatic N) is 4. The van der Waals surface area contributed by atoms with Crippen molar-refractivity contribution in [1.29, 1.82) is 0 Å². The van der Waals surface area contributed by atoms with Crippen molar-refractivity contribution in [3.8, 4) is 11.4 Å². The number of nitrogens with one attached hydrogen (secondary N) is 1. The summed E-state index contributed by atoms with van der Waals surface area (Å²) in [5.74, 6) is 1.66. The second-order valence-corrected chi connectivity index (χ2v) is 8.24. The molecule has 1 aromatic heterocycles. The molecule has 1 aromatic carbocycles. The first-order valence-corrected chi connectivity index (χ1v) is 9.90. The Balaban J connectivity index is 1.68. The molecule has 3 heterocycles. The molecule has 29 heavy (non-hydrogen) atoms. The maximum atomic E-state index is 12.4. The van der Waals surface area contributed by atoms with E-state index >= 15 is 0 Å². The van der Waals surface area contributed by atoms with Gasteiger partial charge in [0.1, 0.15) is 11.6 Å². The molecule has 1 amide bonds. The third kappa shape index (κ3) is 3.77. The molecule has 2 aromatic rings. The SMILES string of the molecule is COc1cc(/C=C2\CCCN3NC(=O)C(C)(C)CN=C23)ccc1-n1cnc(C)c1. The number of hydrogen-bond acceptors (Lipinski definition) is 5. The minimum atomic E-state index is -0.511. The summed E-state index contributed by atoms with van der Waals surface area (Å²) in [5, 5.41) is 1.90. The van der Waals surface area contributed by atoms with Crippen molar-refractivity contribution in [1.82, 2.24) is 20.0 Å². The Morgan fingerprint density at radius 1 is 1.31 bits per heavy atom. The van der Waals surface area contributed by atoms with Crippen LogP contribution in [0.2, 0.25) is 0 Å². The Hall–Kier alpha value is -3.09. The van der Waals surface area contributed by atoms with Gasteiger partial charge in [0.15, 0.2) is 0 Å². The van der Waals surface area contributed by atoms with Gasteiger partial charge in [-0.25, -0.2) is 4.98 Å². The number of imidazole rings is 1. The number of hydrazine groups is 1. The van der Waals surface area contributed by atoms with Gasteiger partial charge in [0.05, 0.1) is 36.8 Å². The van der Waals surface area contributed by atoms with Crippen LogP contribution in [0.15, 0.2) is 41.3 Å². The number of aromatic nitrogens is 2. The van der Waals surface area contributed by atoms with Crippen molar-refractivity contribution in [3.63, 3.8) is 0 Å². The van der Waals surface area contributed by atoms with Crippen LogP contribution in [0.4, 0.5) is 0 Å². The largest absolute Gasteiger partial charge is 0.495 e.